The maximum Gasteiger partial charge on any atom is 0.401 e. The summed E-state index contributed by atoms with van der Waals surface area (Å²) in [5.41, 5.74) is 1.23. The first-order chi connectivity index (χ1) is 12.9. The van der Waals surface area contributed by atoms with E-state index in [9.17, 15) is 18.0 Å². The Morgan fingerprint density at radius 3 is 2.63 bits per heavy atom. The predicted molar refractivity (Wildman–Crippen MR) is 99.2 cm³/mol. The lowest BCUT2D eigenvalue weighted by Crippen LogP contribution is -2.46. The minimum absolute atomic E-state index is 0.0404. The summed E-state index contributed by atoms with van der Waals surface area (Å²) in [5.74, 6) is 1.30. The van der Waals surface area contributed by atoms with Crippen LogP contribution < -0.4 is 10.6 Å². The molecule has 1 aliphatic heterocycles. The van der Waals surface area contributed by atoms with Crippen LogP contribution in [0.2, 0.25) is 0 Å². The Hall–Kier alpha value is -1.12. The number of hydrogen-bond acceptors (Lipinski definition) is 4. The van der Waals surface area contributed by atoms with E-state index in [0.717, 1.165) is 18.9 Å². The number of alkyl halides is 3. The standard InChI is InChI=1S/C19H26F3N3OS/c20-19(21,22)11-25-5-3-14(4-6-25)24-18(26)17-7-13(10-27-17)15-8-16(15)23-9-12-1-2-12/h7,10,12,14-16,23H,1-6,8-9,11H2,(H,24,26). The van der Waals surface area contributed by atoms with Gasteiger partial charge >= 0.3 is 6.18 Å². The third-order valence-electron chi connectivity index (χ3n) is 5.75. The predicted octanol–water partition coefficient (Wildman–Crippen LogP) is 3.36. The van der Waals surface area contributed by atoms with E-state index in [0.29, 0.717) is 42.8 Å². The molecule has 1 saturated heterocycles. The SMILES string of the molecule is O=C(NC1CCN(CC(F)(F)F)CC1)c1cc(C2CC2NCC2CC2)cs1. The second-order valence-electron chi connectivity index (χ2n) is 8.18. The van der Waals surface area contributed by atoms with Gasteiger partial charge in [0.05, 0.1) is 11.4 Å². The topological polar surface area (TPSA) is 44.4 Å². The highest BCUT2D eigenvalue weighted by Crippen LogP contribution is 2.43. The van der Waals surface area contributed by atoms with Crippen LogP contribution in [0.3, 0.4) is 0 Å². The second kappa shape index (κ2) is 7.72. The van der Waals surface area contributed by atoms with Gasteiger partial charge in [-0.1, -0.05) is 0 Å². The average Bonchev–Trinajstić information content (AvgIpc) is 3.52. The molecule has 2 saturated carbocycles. The third-order valence-corrected chi connectivity index (χ3v) is 6.70. The maximum atomic E-state index is 12.5. The summed E-state index contributed by atoms with van der Waals surface area (Å²) < 4.78 is 37.3. The second-order valence-corrected chi connectivity index (χ2v) is 9.09. The summed E-state index contributed by atoms with van der Waals surface area (Å²) in [4.78, 5) is 14.6. The Kier molecular flexibility index (Phi) is 5.49. The van der Waals surface area contributed by atoms with Gasteiger partial charge in [-0.25, -0.2) is 0 Å². The highest BCUT2D eigenvalue weighted by Gasteiger charge is 2.40. The van der Waals surface area contributed by atoms with E-state index in [4.69, 9.17) is 0 Å². The zero-order valence-electron chi connectivity index (χ0n) is 15.2. The highest BCUT2D eigenvalue weighted by molar-refractivity contribution is 7.12. The first-order valence-corrected chi connectivity index (χ1v) is 10.7. The molecular formula is C19H26F3N3OS. The molecule has 1 amide bonds. The lowest BCUT2D eigenvalue weighted by molar-refractivity contribution is -0.148. The van der Waals surface area contributed by atoms with Gasteiger partial charge in [0, 0.05) is 31.1 Å². The first kappa shape index (κ1) is 19.2. The monoisotopic (exact) mass is 401 g/mol. The minimum Gasteiger partial charge on any atom is -0.349 e. The summed E-state index contributed by atoms with van der Waals surface area (Å²) in [6.45, 7) is 0.998. The fourth-order valence-electron chi connectivity index (χ4n) is 3.84. The first-order valence-electron chi connectivity index (χ1n) is 9.79. The van der Waals surface area contributed by atoms with Gasteiger partial charge in [-0.15, -0.1) is 11.3 Å². The number of nitrogens with one attached hydrogen (secondary N) is 2. The van der Waals surface area contributed by atoms with Crippen molar-refractivity contribution in [1.29, 1.82) is 0 Å². The summed E-state index contributed by atoms with van der Waals surface area (Å²) in [6, 6.07) is 2.50. The number of hydrogen-bond donors (Lipinski definition) is 2. The number of carbonyl (C=O) groups is 1. The molecule has 2 heterocycles. The minimum atomic E-state index is -4.16. The largest absolute Gasteiger partial charge is 0.401 e. The molecule has 2 aliphatic carbocycles. The van der Waals surface area contributed by atoms with Gasteiger partial charge in [-0.05, 0) is 61.6 Å². The van der Waals surface area contributed by atoms with Crippen LogP contribution in [0.25, 0.3) is 0 Å². The van der Waals surface area contributed by atoms with Gasteiger partial charge in [0.25, 0.3) is 5.91 Å². The zero-order valence-corrected chi connectivity index (χ0v) is 16.0. The van der Waals surface area contributed by atoms with Gasteiger partial charge in [0.15, 0.2) is 0 Å². The quantitative estimate of drug-likeness (QED) is 0.736. The number of rotatable bonds is 7. The number of carbonyl (C=O) groups excluding carboxylic acids is 1. The van der Waals surface area contributed by atoms with Gasteiger partial charge in [0.1, 0.15) is 0 Å². The molecule has 2 atom stereocenters. The van der Waals surface area contributed by atoms with Crippen molar-refractivity contribution < 1.29 is 18.0 Å². The Balaban J connectivity index is 1.21. The smallest absolute Gasteiger partial charge is 0.349 e. The fraction of sp³-hybridized carbons (Fsp3) is 0.737. The molecule has 2 N–H and O–H groups in total. The van der Waals surface area contributed by atoms with Gasteiger partial charge in [0.2, 0.25) is 0 Å². The van der Waals surface area contributed by atoms with Crippen molar-refractivity contribution in [2.24, 2.45) is 5.92 Å². The maximum absolute atomic E-state index is 12.5. The van der Waals surface area contributed by atoms with Crippen molar-refractivity contribution in [1.82, 2.24) is 15.5 Å². The molecule has 1 aromatic rings. The van der Waals surface area contributed by atoms with Crippen molar-refractivity contribution in [2.45, 2.75) is 56.3 Å². The van der Waals surface area contributed by atoms with Gasteiger partial charge < -0.3 is 10.6 Å². The third kappa shape index (κ3) is 5.45. The van der Waals surface area contributed by atoms with Crippen molar-refractivity contribution >= 4 is 17.2 Å². The molecule has 2 unspecified atom stereocenters. The number of piperidine rings is 1. The van der Waals surface area contributed by atoms with Crippen molar-refractivity contribution in [2.75, 3.05) is 26.2 Å². The molecule has 1 aromatic heterocycles. The van der Waals surface area contributed by atoms with Gasteiger partial charge in [-0.3, -0.25) is 9.69 Å². The van der Waals surface area contributed by atoms with Gasteiger partial charge in [-0.2, -0.15) is 13.2 Å². The van der Waals surface area contributed by atoms with Crippen LogP contribution in [0.4, 0.5) is 13.2 Å². The number of thiophene rings is 1. The molecule has 0 radical (unpaired) electrons. The molecule has 4 nitrogen and oxygen atoms in total. The van der Waals surface area contributed by atoms with Crippen LogP contribution in [0.1, 0.15) is 53.3 Å². The van der Waals surface area contributed by atoms with Crippen molar-refractivity contribution in [3.05, 3.63) is 21.9 Å². The molecule has 0 bridgehead atoms. The molecule has 4 rings (SSSR count). The molecule has 0 aromatic carbocycles. The van der Waals surface area contributed by atoms with E-state index in [1.165, 1.54) is 34.6 Å². The normalized spacial score (nSPS) is 26.9. The summed E-state index contributed by atoms with van der Waals surface area (Å²) in [7, 11) is 0. The number of amides is 1. The zero-order chi connectivity index (χ0) is 19.0. The molecule has 3 aliphatic rings. The van der Waals surface area contributed by atoms with E-state index in [1.807, 2.05) is 6.07 Å². The van der Waals surface area contributed by atoms with Crippen LogP contribution in [0.5, 0.6) is 0 Å². The Morgan fingerprint density at radius 2 is 1.96 bits per heavy atom. The van der Waals surface area contributed by atoms with Crippen LogP contribution >= 0.6 is 11.3 Å². The fourth-order valence-corrected chi connectivity index (χ4v) is 4.71. The summed E-state index contributed by atoms with van der Waals surface area (Å²) >= 11 is 1.46. The van der Waals surface area contributed by atoms with Crippen molar-refractivity contribution in [3.63, 3.8) is 0 Å². The lowest BCUT2D eigenvalue weighted by atomic mass is 10.0. The Bertz CT molecular complexity index is 665. The lowest BCUT2D eigenvalue weighted by Gasteiger charge is -2.32. The Labute approximate surface area is 161 Å². The van der Waals surface area contributed by atoms with Crippen LogP contribution in [0.15, 0.2) is 11.4 Å². The molecule has 150 valence electrons. The summed E-state index contributed by atoms with van der Waals surface area (Å²) in [5, 5.41) is 8.68. The van der Waals surface area contributed by atoms with E-state index < -0.39 is 12.7 Å². The van der Waals surface area contributed by atoms with Crippen LogP contribution in [-0.4, -0.2) is 55.2 Å². The molecule has 8 heteroatoms. The Morgan fingerprint density at radius 1 is 1.22 bits per heavy atom. The highest BCUT2D eigenvalue weighted by atomic mass is 32.1. The van der Waals surface area contributed by atoms with Crippen LogP contribution in [0, 0.1) is 5.92 Å². The number of halogens is 3. The van der Waals surface area contributed by atoms with E-state index in [1.54, 1.807) is 0 Å². The van der Waals surface area contributed by atoms with Crippen molar-refractivity contribution in [3.8, 4) is 0 Å². The molecule has 0 spiro atoms. The number of nitrogens with zero attached hydrogens (tertiary/aromatic N) is 1. The van der Waals surface area contributed by atoms with E-state index >= 15 is 0 Å². The number of likely N-dealkylation sites (tertiary alicyclic amines) is 1. The average molecular weight is 401 g/mol. The molecule has 3 fully saturated rings. The van der Waals surface area contributed by atoms with E-state index in [-0.39, 0.29) is 11.9 Å². The summed E-state index contributed by atoms with van der Waals surface area (Å²) in [6.07, 6.45) is 0.816. The molecular weight excluding hydrogens is 375 g/mol. The molecule has 27 heavy (non-hydrogen) atoms. The van der Waals surface area contributed by atoms with Crippen LogP contribution in [-0.2, 0) is 0 Å². The van der Waals surface area contributed by atoms with E-state index in [2.05, 4.69) is 16.0 Å².